The van der Waals surface area contributed by atoms with Crippen molar-refractivity contribution in [3.05, 3.63) is 41.7 Å². The molecule has 0 bridgehead atoms. The predicted molar refractivity (Wildman–Crippen MR) is 77.5 cm³/mol. The monoisotopic (exact) mass is 303 g/mol. The Balaban J connectivity index is 2.01. The molecule has 0 radical (unpaired) electrons. The van der Waals surface area contributed by atoms with Crippen molar-refractivity contribution in [3.63, 3.8) is 0 Å². The van der Waals surface area contributed by atoms with Crippen LogP contribution in [-0.4, -0.2) is 25.4 Å². The fourth-order valence-corrected chi connectivity index (χ4v) is 3.37. The van der Waals surface area contributed by atoms with E-state index < -0.39 is 5.97 Å². The fraction of sp³-hybridized carbons (Fsp3) is 0.0769. The molecule has 1 N–H and O–H groups in total. The highest BCUT2D eigenvalue weighted by Gasteiger charge is 2.10. The molecule has 2 aromatic heterocycles. The van der Waals surface area contributed by atoms with Crippen LogP contribution in [0.1, 0.15) is 16.2 Å². The summed E-state index contributed by atoms with van der Waals surface area (Å²) in [6.45, 7) is 1.84. The minimum Gasteiger partial charge on any atom is -0.478 e. The van der Waals surface area contributed by atoms with Gasteiger partial charge in [-0.2, -0.15) is 4.37 Å². The maximum atomic E-state index is 11.1. The lowest BCUT2D eigenvalue weighted by Gasteiger charge is -2.03. The highest BCUT2D eigenvalue weighted by Crippen LogP contribution is 2.29. The first kappa shape index (κ1) is 13.0. The number of hydrogen-bond donors (Lipinski definition) is 1. The fourth-order valence-electron chi connectivity index (χ4n) is 1.79. The number of aromatic carboxylic acids is 1. The maximum absolute atomic E-state index is 11.1. The molecule has 0 saturated heterocycles. The van der Waals surface area contributed by atoms with E-state index in [1.807, 2.05) is 6.92 Å². The number of carboxylic acids is 1. The van der Waals surface area contributed by atoms with Gasteiger partial charge in [-0.15, -0.1) is 0 Å². The first-order valence-corrected chi connectivity index (χ1v) is 7.34. The van der Waals surface area contributed by atoms with Gasteiger partial charge in [-0.1, -0.05) is 6.07 Å². The number of benzene rings is 1. The van der Waals surface area contributed by atoms with Crippen molar-refractivity contribution in [2.45, 2.75) is 16.3 Å². The van der Waals surface area contributed by atoms with Crippen LogP contribution in [-0.2, 0) is 0 Å². The van der Waals surface area contributed by atoms with Gasteiger partial charge in [0.1, 0.15) is 10.9 Å². The van der Waals surface area contributed by atoms with Crippen LogP contribution in [0.5, 0.6) is 0 Å². The third-order valence-corrected chi connectivity index (χ3v) is 4.42. The molecule has 20 heavy (non-hydrogen) atoms. The Morgan fingerprint density at radius 1 is 1.25 bits per heavy atom. The summed E-state index contributed by atoms with van der Waals surface area (Å²) in [5, 5.41) is 10.6. The zero-order chi connectivity index (χ0) is 14.1. The molecule has 0 spiro atoms. The molecule has 0 fully saturated rings. The molecule has 0 atom stereocenters. The number of carboxylic acid groups (broad SMARTS) is 1. The molecule has 0 saturated carbocycles. The molecular formula is C13H9N3O2S2. The summed E-state index contributed by atoms with van der Waals surface area (Å²) in [7, 11) is 0. The summed E-state index contributed by atoms with van der Waals surface area (Å²) in [4.78, 5) is 19.9. The maximum Gasteiger partial charge on any atom is 0.336 e. The van der Waals surface area contributed by atoms with Crippen LogP contribution in [0.4, 0.5) is 0 Å². The molecule has 5 nitrogen and oxygen atoms in total. The molecule has 100 valence electrons. The van der Waals surface area contributed by atoms with Crippen molar-refractivity contribution in [2.75, 3.05) is 0 Å². The van der Waals surface area contributed by atoms with Crippen LogP contribution in [0.25, 0.3) is 10.9 Å². The normalized spacial score (nSPS) is 10.8. The number of fused-ring (bicyclic) bond motifs is 1. The molecular weight excluding hydrogens is 294 g/mol. The molecule has 0 aliphatic carbocycles. The number of carbonyl (C=O) groups is 1. The van der Waals surface area contributed by atoms with E-state index in [0.717, 1.165) is 15.2 Å². The zero-order valence-corrected chi connectivity index (χ0v) is 12.0. The Morgan fingerprint density at radius 3 is 2.80 bits per heavy atom. The van der Waals surface area contributed by atoms with E-state index >= 15 is 0 Å². The van der Waals surface area contributed by atoms with E-state index in [4.69, 9.17) is 5.11 Å². The van der Waals surface area contributed by atoms with E-state index in [9.17, 15) is 4.79 Å². The molecule has 0 aliphatic heterocycles. The van der Waals surface area contributed by atoms with Crippen LogP contribution in [0.2, 0.25) is 0 Å². The number of rotatable bonds is 3. The van der Waals surface area contributed by atoms with Gasteiger partial charge >= 0.3 is 5.97 Å². The summed E-state index contributed by atoms with van der Waals surface area (Å²) < 4.78 is 4.94. The van der Waals surface area contributed by atoms with Gasteiger partial charge in [-0.25, -0.2) is 14.8 Å². The molecule has 0 amide bonds. The lowest BCUT2D eigenvalue weighted by molar-refractivity contribution is 0.0699. The second-order valence-electron chi connectivity index (χ2n) is 4.04. The number of pyridine rings is 1. The van der Waals surface area contributed by atoms with Crippen molar-refractivity contribution >= 4 is 40.2 Å². The summed E-state index contributed by atoms with van der Waals surface area (Å²) in [5.74, 6) is -0.205. The largest absolute Gasteiger partial charge is 0.478 e. The average Bonchev–Trinajstić information content (AvgIpc) is 2.83. The highest BCUT2D eigenvalue weighted by atomic mass is 32.2. The lowest BCUT2D eigenvalue weighted by atomic mass is 10.1. The van der Waals surface area contributed by atoms with E-state index in [1.165, 1.54) is 23.3 Å². The molecule has 0 unspecified atom stereocenters. The van der Waals surface area contributed by atoms with Gasteiger partial charge in [0.2, 0.25) is 0 Å². The second kappa shape index (κ2) is 5.18. The van der Waals surface area contributed by atoms with Crippen molar-refractivity contribution in [3.8, 4) is 0 Å². The van der Waals surface area contributed by atoms with E-state index in [-0.39, 0.29) is 5.56 Å². The summed E-state index contributed by atoms with van der Waals surface area (Å²) in [5.41, 5.74) is 0.925. The molecule has 0 aliphatic rings. The number of nitrogens with zero attached hydrogens (tertiary/aromatic N) is 3. The van der Waals surface area contributed by atoms with Gasteiger partial charge in [-0.3, -0.25) is 0 Å². The minimum atomic E-state index is -0.947. The summed E-state index contributed by atoms with van der Waals surface area (Å²) in [6, 6.07) is 8.66. The molecule has 3 rings (SSSR count). The van der Waals surface area contributed by atoms with Crippen molar-refractivity contribution in [2.24, 2.45) is 0 Å². The van der Waals surface area contributed by atoms with Crippen LogP contribution in [0.3, 0.4) is 0 Å². The molecule has 3 aromatic rings. The zero-order valence-electron chi connectivity index (χ0n) is 10.4. The van der Waals surface area contributed by atoms with Crippen LogP contribution in [0.15, 0.2) is 39.7 Å². The lowest BCUT2D eigenvalue weighted by Crippen LogP contribution is -1.97. The Morgan fingerprint density at radius 2 is 2.10 bits per heavy atom. The number of aromatic nitrogens is 3. The van der Waals surface area contributed by atoms with Gasteiger partial charge in [0.15, 0.2) is 4.34 Å². The molecule has 7 heteroatoms. The Bertz CT molecular complexity index is 801. The van der Waals surface area contributed by atoms with E-state index in [2.05, 4.69) is 14.3 Å². The van der Waals surface area contributed by atoms with Gasteiger partial charge < -0.3 is 5.11 Å². The third-order valence-electron chi connectivity index (χ3n) is 2.64. The van der Waals surface area contributed by atoms with Crippen LogP contribution < -0.4 is 0 Å². The van der Waals surface area contributed by atoms with Crippen molar-refractivity contribution in [1.82, 2.24) is 14.3 Å². The SMILES string of the molecule is Cc1nsc(Sc2ccc3c(C(=O)O)cccc3n2)n1. The highest BCUT2D eigenvalue weighted by molar-refractivity contribution is 8.00. The van der Waals surface area contributed by atoms with Gasteiger partial charge in [-0.05, 0) is 54.5 Å². The van der Waals surface area contributed by atoms with Gasteiger partial charge in [0, 0.05) is 5.39 Å². The first-order chi connectivity index (χ1) is 9.63. The van der Waals surface area contributed by atoms with E-state index in [0.29, 0.717) is 10.9 Å². The number of aryl methyl sites for hydroxylation is 1. The summed E-state index contributed by atoms with van der Waals surface area (Å²) >= 11 is 2.75. The molecule has 2 heterocycles. The van der Waals surface area contributed by atoms with Gasteiger partial charge in [0.05, 0.1) is 11.1 Å². The van der Waals surface area contributed by atoms with Crippen molar-refractivity contribution < 1.29 is 9.90 Å². The number of hydrogen-bond acceptors (Lipinski definition) is 6. The smallest absolute Gasteiger partial charge is 0.336 e. The Labute approximate surface area is 122 Å². The molecule has 1 aromatic carbocycles. The van der Waals surface area contributed by atoms with Crippen LogP contribution >= 0.6 is 23.3 Å². The summed E-state index contributed by atoms with van der Waals surface area (Å²) in [6.07, 6.45) is 0. The van der Waals surface area contributed by atoms with Crippen LogP contribution in [0, 0.1) is 6.92 Å². The first-order valence-electron chi connectivity index (χ1n) is 5.75. The predicted octanol–water partition coefficient (Wildman–Crippen LogP) is 3.24. The third kappa shape index (κ3) is 2.50. The Hall–Kier alpha value is -1.99. The second-order valence-corrected chi connectivity index (χ2v) is 6.06. The van der Waals surface area contributed by atoms with Gasteiger partial charge in [0.25, 0.3) is 0 Å². The quantitative estimate of drug-likeness (QED) is 0.800. The topological polar surface area (TPSA) is 76.0 Å². The van der Waals surface area contributed by atoms with E-state index in [1.54, 1.807) is 30.3 Å². The Kier molecular flexibility index (Phi) is 3.37. The van der Waals surface area contributed by atoms with Crippen molar-refractivity contribution in [1.29, 1.82) is 0 Å². The standard InChI is InChI=1S/C13H9N3O2S2/c1-7-14-13(20-16-7)19-11-6-5-8-9(12(17)18)3-2-4-10(8)15-11/h2-6H,1H3,(H,17,18). The average molecular weight is 303 g/mol. The minimum absolute atomic E-state index is 0.262.